The molecule has 1 atom stereocenters. The molecule has 0 aliphatic carbocycles. The maximum absolute atomic E-state index is 11.9. The highest BCUT2D eigenvalue weighted by Gasteiger charge is 2.17. The fourth-order valence-electron chi connectivity index (χ4n) is 1.52. The molecule has 0 fully saturated rings. The lowest BCUT2D eigenvalue weighted by molar-refractivity contribution is -0.128. The number of carbonyl (C=O) groups excluding carboxylic acids is 1. The molecule has 88 valence electrons. The van der Waals surface area contributed by atoms with Crippen LogP contribution in [0.4, 0.5) is 0 Å². The lowest BCUT2D eigenvalue weighted by atomic mass is 10.0. The van der Waals surface area contributed by atoms with Crippen molar-refractivity contribution in [1.29, 1.82) is 0 Å². The van der Waals surface area contributed by atoms with Crippen LogP contribution in [0.5, 0.6) is 0 Å². The highest BCUT2D eigenvalue weighted by Crippen LogP contribution is 2.16. The molecule has 1 unspecified atom stereocenters. The molecule has 0 saturated heterocycles. The van der Waals surface area contributed by atoms with E-state index in [0.29, 0.717) is 11.4 Å². The maximum atomic E-state index is 11.9. The Bertz CT molecular complexity index is 355. The van der Waals surface area contributed by atoms with Crippen molar-refractivity contribution < 1.29 is 9.53 Å². The van der Waals surface area contributed by atoms with Gasteiger partial charge in [-0.15, -0.1) is 0 Å². The standard InChI is InChI=1S/C12H16ClNO2/c1-3-4-12(16-2)11(15)7-9-5-6-14-8-10(9)13/h5-6,8,12H,3-4,7H2,1-2H3. The third kappa shape index (κ3) is 3.58. The van der Waals surface area contributed by atoms with Crippen LogP contribution in [0.15, 0.2) is 18.5 Å². The van der Waals surface area contributed by atoms with E-state index in [-0.39, 0.29) is 11.9 Å². The van der Waals surface area contributed by atoms with Crippen LogP contribution in [0.25, 0.3) is 0 Å². The molecule has 1 rings (SSSR count). The number of methoxy groups -OCH3 is 1. The van der Waals surface area contributed by atoms with E-state index >= 15 is 0 Å². The van der Waals surface area contributed by atoms with Crippen LogP contribution >= 0.6 is 11.6 Å². The first-order chi connectivity index (χ1) is 7.69. The van der Waals surface area contributed by atoms with E-state index < -0.39 is 0 Å². The maximum Gasteiger partial charge on any atom is 0.165 e. The van der Waals surface area contributed by atoms with E-state index in [1.807, 2.05) is 6.92 Å². The number of nitrogens with zero attached hydrogens (tertiary/aromatic N) is 1. The second-order valence-corrected chi connectivity index (χ2v) is 4.03. The number of pyridine rings is 1. The Morgan fingerprint density at radius 1 is 1.62 bits per heavy atom. The van der Waals surface area contributed by atoms with E-state index in [1.54, 1.807) is 25.6 Å². The van der Waals surface area contributed by atoms with Crippen LogP contribution in [-0.4, -0.2) is 24.0 Å². The molecule has 0 aromatic carbocycles. The number of hydrogen-bond donors (Lipinski definition) is 0. The molecule has 1 heterocycles. The van der Waals surface area contributed by atoms with Gasteiger partial charge in [-0.25, -0.2) is 0 Å². The monoisotopic (exact) mass is 241 g/mol. The summed E-state index contributed by atoms with van der Waals surface area (Å²) in [4.78, 5) is 15.8. The van der Waals surface area contributed by atoms with Crippen molar-refractivity contribution in [3.63, 3.8) is 0 Å². The van der Waals surface area contributed by atoms with Crippen LogP contribution < -0.4 is 0 Å². The van der Waals surface area contributed by atoms with Crippen LogP contribution in [0.2, 0.25) is 5.02 Å². The number of ether oxygens (including phenoxy) is 1. The van der Waals surface area contributed by atoms with Gasteiger partial charge in [-0.1, -0.05) is 24.9 Å². The van der Waals surface area contributed by atoms with E-state index in [4.69, 9.17) is 16.3 Å². The van der Waals surface area contributed by atoms with E-state index in [0.717, 1.165) is 18.4 Å². The molecule has 0 bridgehead atoms. The summed E-state index contributed by atoms with van der Waals surface area (Å²) >= 11 is 5.94. The largest absolute Gasteiger partial charge is 0.374 e. The van der Waals surface area contributed by atoms with Crippen molar-refractivity contribution in [2.75, 3.05) is 7.11 Å². The average Bonchev–Trinajstić information content (AvgIpc) is 2.29. The van der Waals surface area contributed by atoms with Gasteiger partial charge in [0.2, 0.25) is 0 Å². The van der Waals surface area contributed by atoms with Gasteiger partial charge >= 0.3 is 0 Å². The van der Waals surface area contributed by atoms with Gasteiger partial charge in [-0.3, -0.25) is 9.78 Å². The summed E-state index contributed by atoms with van der Waals surface area (Å²) in [6.45, 7) is 2.03. The molecule has 0 spiro atoms. The Balaban J connectivity index is 2.66. The Morgan fingerprint density at radius 3 is 2.94 bits per heavy atom. The van der Waals surface area contributed by atoms with Crippen LogP contribution in [-0.2, 0) is 16.0 Å². The third-order valence-corrected chi connectivity index (χ3v) is 2.76. The van der Waals surface area contributed by atoms with Gasteiger partial charge in [0.25, 0.3) is 0 Å². The summed E-state index contributed by atoms with van der Waals surface area (Å²) in [7, 11) is 1.56. The molecule has 0 aliphatic heterocycles. The van der Waals surface area contributed by atoms with Crippen molar-refractivity contribution in [2.24, 2.45) is 0 Å². The summed E-state index contributed by atoms with van der Waals surface area (Å²) in [6.07, 6.45) is 4.84. The van der Waals surface area contributed by atoms with E-state index in [2.05, 4.69) is 4.98 Å². The van der Waals surface area contributed by atoms with Gasteiger partial charge in [0.15, 0.2) is 5.78 Å². The number of rotatable bonds is 6. The summed E-state index contributed by atoms with van der Waals surface area (Å²) in [5, 5.41) is 0.530. The summed E-state index contributed by atoms with van der Waals surface area (Å²) < 4.78 is 5.16. The first-order valence-electron chi connectivity index (χ1n) is 5.33. The second kappa shape index (κ2) is 6.61. The van der Waals surface area contributed by atoms with Gasteiger partial charge in [0.1, 0.15) is 6.10 Å². The molecule has 0 saturated carbocycles. The van der Waals surface area contributed by atoms with Crippen molar-refractivity contribution in [3.8, 4) is 0 Å². The van der Waals surface area contributed by atoms with Crippen molar-refractivity contribution in [2.45, 2.75) is 32.3 Å². The molecule has 0 radical (unpaired) electrons. The Kier molecular flexibility index (Phi) is 5.43. The van der Waals surface area contributed by atoms with Gasteiger partial charge in [0, 0.05) is 25.9 Å². The van der Waals surface area contributed by atoms with Crippen molar-refractivity contribution in [3.05, 3.63) is 29.0 Å². The molecule has 0 N–H and O–H groups in total. The second-order valence-electron chi connectivity index (χ2n) is 3.62. The highest BCUT2D eigenvalue weighted by atomic mass is 35.5. The van der Waals surface area contributed by atoms with Crippen LogP contribution in [0.1, 0.15) is 25.3 Å². The predicted molar refractivity (Wildman–Crippen MR) is 63.7 cm³/mol. The molecule has 0 amide bonds. The Labute approximate surface area is 101 Å². The summed E-state index contributed by atoms with van der Waals surface area (Å²) in [5.41, 5.74) is 0.805. The first kappa shape index (κ1) is 13.1. The zero-order chi connectivity index (χ0) is 12.0. The molecule has 1 aromatic rings. The smallest absolute Gasteiger partial charge is 0.165 e. The summed E-state index contributed by atoms with van der Waals surface area (Å²) in [6, 6.07) is 1.76. The van der Waals surface area contributed by atoms with Crippen molar-refractivity contribution >= 4 is 17.4 Å². The van der Waals surface area contributed by atoms with E-state index in [1.165, 1.54) is 0 Å². The van der Waals surface area contributed by atoms with Gasteiger partial charge in [-0.2, -0.15) is 0 Å². The minimum atomic E-state index is -0.325. The van der Waals surface area contributed by atoms with Crippen LogP contribution in [0, 0.1) is 0 Å². The number of halogens is 1. The average molecular weight is 242 g/mol. The lowest BCUT2D eigenvalue weighted by Gasteiger charge is -2.13. The van der Waals surface area contributed by atoms with Crippen molar-refractivity contribution in [1.82, 2.24) is 4.98 Å². The minimum absolute atomic E-state index is 0.0671. The molecular formula is C12H16ClNO2. The molecule has 0 aliphatic rings. The number of ketones is 1. The number of Topliss-reactive ketones (excluding diaryl/α,β-unsaturated/α-hetero) is 1. The Hall–Kier alpha value is -0.930. The zero-order valence-electron chi connectivity index (χ0n) is 9.57. The Morgan fingerprint density at radius 2 is 2.38 bits per heavy atom. The van der Waals surface area contributed by atoms with Gasteiger partial charge in [0.05, 0.1) is 5.02 Å². The van der Waals surface area contributed by atoms with Crippen LogP contribution in [0.3, 0.4) is 0 Å². The van der Waals surface area contributed by atoms with Gasteiger partial charge < -0.3 is 4.74 Å². The number of hydrogen-bond acceptors (Lipinski definition) is 3. The fourth-order valence-corrected chi connectivity index (χ4v) is 1.71. The molecule has 4 heteroatoms. The molecule has 1 aromatic heterocycles. The summed E-state index contributed by atoms with van der Waals surface area (Å²) in [5.74, 6) is 0.0671. The lowest BCUT2D eigenvalue weighted by Crippen LogP contribution is -2.24. The number of carbonyl (C=O) groups is 1. The van der Waals surface area contributed by atoms with E-state index in [9.17, 15) is 4.79 Å². The molecule has 16 heavy (non-hydrogen) atoms. The fraction of sp³-hybridized carbons (Fsp3) is 0.500. The topological polar surface area (TPSA) is 39.2 Å². The zero-order valence-corrected chi connectivity index (χ0v) is 10.3. The predicted octanol–water partition coefficient (Wildman–Crippen LogP) is 2.66. The quantitative estimate of drug-likeness (QED) is 0.769. The first-order valence-corrected chi connectivity index (χ1v) is 5.70. The van der Waals surface area contributed by atoms with Gasteiger partial charge in [-0.05, 0) is 18.1 Å². The number of aromatic nitrogens is 1. The minimum Gasteiger partial charge on any atom is -0.374 e. The molecular weight excluding hydrogens is 226 g/mol. The highest BCUT2D eigenvalue weighted by molar-refractivity contribution is 6.31. The third-order valence-electron chi connectivity index (χ3n) is 2.42. The SMILES string of the molecule is CCCC(OC)C(=O)Cc1ccncc1Cl. The molecule has 3 nitrogen and oxygen atoms in total. The normalized spacial score (nSPS) is 12.4.